The molecular weight excluding hydrogens is 330 g/mol. The van der Waals surface area contributed by atoms with Crippen LogP contribution in [0.3, 0.4) is 0 Å². The van der Waals surface area contributed by atoms with Gasteiger partial charge in [-0.05, 0) is 53.6 Å². The zero-order chi connectivity index (χ0) is 17.2. The Bertz CT molecular complexity index is 897. The lowest BCUT2D eigenvalue weighted by Gasteiger charge is -2.34. The number of rotatable bonds is 3. The Morgan fingerprint density at radius 3 is 2.80 bits per heavy atom. The van der Waals surface area contributed by atoms with Crippen LogP contribution in [0.15, 0.2) is 48.0 Å². The number of hydrogen-bond acceptors (Lipinski definition) is 4. The second-order valence-electron chi connectivity index (χ2n) is 6.51. The van der Waals surface area contributed by atoms with Crippen LogP contribution in [0.5, 0.6) is 0 Å². The number of aromatic nitrogens is 1. The molecule has 1 amide bonds. The summed E-state index contributed by atoms with van der Waals surface area (Å²) in [6.45, 7) is 6.28. The lowest BCUT2D eigenvalue weighted by molar-refractivity contribution is 0.0627. The zero-order valence-corrected chi connectivity index (χ0v) is 15.1. The predicted octanol–water partition coefficient (Wildman–Crippen LogP) is 3.56. The van der Waals surface area contributed by atoms with E-state index in [1.54, 1.807) is 11.3 Å². The minimum atomic E-state index is 0.141. The van der Waals surface area contributed by atoms with E-state index >= 15 is 0 Å². The highest BCUT2D eigenvalue weighted by atomic mass is 32.1. The maximum absolute atomic E-state index is 12.8. The number of piperazine rings is 1. The molecule has 4 nitrogen and oxygen atoms in total. The van der Waals surface area contributed by atoms with Crippen molar-refractivity contribution >= 4 is 27.3 Å². The molecule has 25 heavy (non-hydrogen) atoms. The number of benzene rings is 1. The van der Waals surface area contributed by atoms with Crippen molar-refractivity contribution in [3.63, 3.8) is 0 Å². The Morgan fingerprint density at radius 1 is 1.16 bits per heavy atom. The quantitative estimate of drug-likeness (QED) is 0.724. The van der Waals surface area contributed by atoms with Crippen LogP contribution in [0.1, 0.15) is 21.6 Å². The van der Waals surface area contributed by atoms with Gasteiger partial charge in [-0.15, -0.1) is 11.3 Å². The minimum Gasteiger partial charge on any atom is -0.336 e. The van der Waals surface area contributed by atoms with Gasteiger partial charge in [-0.2, -0.15) is 0 Å². The molecule has 2 aromatic heterocycles. The number of fused-ring (bicyclic) bond motifs is 1. The van der Waals surface area contributed by atoms with Crippen molar-refractivity contribution in [2.45, 2.75) is 13.5 Å². The molecule has 1 aliphatic heterocycles. The van der Waals surface area contributed by atoms with Crippen molar-refractivity contribution in [2.24, 2.45) is 0 Å². The Hall–Kier alpha value is -2.24. The molecule has 0 saturated carbocycles. The number of aryl methyl sites for hydroxylation is 1. The monoisotopic (exact) mass is 351 g/mol. The second-order valence-corrected chi connectivity index (χ2v) is 7.46. The number of amides is 1. The highest BCUT2D eigenvalue weighted by Crippen LogP contribution is 2.22. The van der Waals surface area contributed by atoms with Crippen LogP contribution in [-0.2, 0) is 6.54 Å². The summed E-state index contributed by atoms with van der Waals surface area (Å²) in [5.41, 5.74) is 3.15. The van der Waals surface area contributed by atoms with Crippen LogP contribution in [-0.4, -0.2) is 46.9 Å². The van der Waals surface area contributed by atoms with E-state index in [4.69, 9.17) is 0 Å². The number of pyridine rings is 1. The summed E-state index contributed by atoms with van der Waals surface area (Å²) < 4.78 is 1.23. The number of nitrogens with zero attached hydrogens (tertiary/aromatic N) is 3. The first kappa shape index (κ1) is 16.2. The molecule has 1 aliphatic rings. The Morgan fingerprint density at radius 2 is 2.00 bits per heavy atom. The Labute approximate surface area is 151 Å². The average molecular weight is 351 g/mol. The van der Waals surface area contributed by atoms with Crippen LogP contribution in [0.4, 0.5) is 0 Å². The van der Waals surface area contributed by atoms with Crippen LogP contribution < -0.4 is 0 Å². The molecular formula is C20H21N3OS. The molecule has 128 valence electrons. The van der Waals surface area contributed by atoms with Gasteiger partial charge in [0.2, 0.25) is 0 Å². The molecule has 1 aromatic carbocycles. The highest BCUT2D eigenvalue weighted by molar-refractivity contribution is 7.17. The summed E-state index contributed by atoms with van der Waals surface area (Å²) in [4.78, 5) is 21.6. The average Bonchev–Trinajstić information content (AvgIpc) is 3.11. The molecule has 1 fully saturated rings. The van der Waals surface area contributed by atoms with Crippen LogP contribution >= 0.6 is 11.3 Å². The van der Waals surface area contributed by atoms with Gasteiger partial charge in [0.1, 0.15) is 0 Å². The van der Waals surface area contributed by atoms with Gasteiger partial charge < -0.3 is 4.90 Å². The van der Waals surface area contributed by atoms with E-state index in [2.05, 4.69) is 34.3 Å². The molecule has 0 radical (unpaired) electrons. The normalized spacial score (nSPS) is 15.6. The van der Waals surface area contributed by atoms with Crippen molar-refractivity contribution in [2.75, 3.05) is 26.2 Å². The molecule has 0 atom stereocenters. The van der Waals surface area contributed by atoms with Crippen molar-refractivity contribution in [3.8, 4) is 0 Å². The fourth-order valence-electron chi connectivity index (χ4n) is 3.29. The third-order valence-electron chi connectivity index (χ3n) is 4.85. The van der Waals surface area contributed by atoms with Gasteiger partial charge >= 0.3 is 0 Å². The molecule has 1 saturated heterocycles. The summed E-state index contributed by atoms with van der Waals surface area (Å²) in [5, 5.41) is 3.22. The van der Waals surface area contributed by atoms with Crippen molar-refractivity contribution in [1.29, 1.82) is 0 Å². The SMILES string of the molecule is Cc1cccnc1CN1CCN(C(=O)c2ccc3sccc3c2)CC1. The first-order chi connectivity index (χ1) is 12.2. The van der Waals surface area contributed by atoms with Crippen LogP contribution in [0.25, 0.3) is 10.1 Å². The fourth-order valence-corrected chi connectivity index (χ4v) is 4.06. The van der Waals surface area contributed by atoms with Crippen molar-refractivity contribution in [1.82, 2.24) is 14.8 Å². The van der Waals surface area contributed by atoms with Gasteiger partial charge in [-0.1, -0.05) is 6.07 Å². The third-order valence-corrected chi connectivity index (χ3v) is 5.75. The number of carbonyl (C=O) groups is 1. The lowest BCUT2D eigenvalue weighted by atomic mass is 10.1. The van der Waals surface area contributed by atoms with E-state index in [1.165, 1.54) is 10.3 Å². The summed E-state index contributed by atoms with van der Waals surface area (Å²) in [6, 6.07) is 12.2. The van der Waals surface area contributed by atoms with E-state index in [9.17, 15) is 4.79 Å². The molecule has 0 spiro atoms. The Balaban J connectivity index is 1.39. The smallest absolute Gasteiger partial charge is 0.253 e. The summed E-state index contributed by atoms with van der Waals surface area (Å²) >= 11 is 1.71. The van der Waals surface area contributed by atoms with Crippen molar-refractivity contribution < 1.29 is 4.79 Å². The predicted molar refractivity (Wildman–Crippen MR) is 102 cm³/mol. The van der Waals surface area contributed by atoms with Crippen LogP contribution in [0, 0.1) is 6.92 Å². The van der Waals surface area contributed by atoms with Gasteiger partial charge in [0.05, 0.1) is 5.69 Å². The molecule has 0 aliphatic carbocycles. The van der Waals surface area contributed by atoms with Gasteiger partial charge in [-0.25, -0.2) is 0 Å². The van der Waals surface area contributed by atoms with E-state index in [0.717, 1.165) is 49.4 Å². The first-order valence-electron chi connectivity index (χ1n) is 8.60. The lowest BCUT2D eigenvalue weighted by Crippen LogP contribution is -2.48. The third kappa shape index (κ3) is 3.43. The van der Waals surface area contributed by atoms with E-state index in [0.29, 0.717) is 0 Å². The van der Waals surface area contributed by atoms with Gasteiger partial charge in [0.25, 0.3) is 5.91 Å². The topological polar surface area (TPSA) is 36.4 Å². The largest absolute Gasteiger partial charge is 0.336 e. The van der Waals surface area contributed by atoms with E-state index in [-0.39, 0.29) is 5.91 Å². The molecule has 0 N–H and O–H groups in total. The summed E-state index contributed by atoms with van der Waals surface area (Å²) in [5.74, 6) is 0.141. The van der Waals surface area contributed by atoms with E-state index < -0.39 is 0 Å². The number of thiophene rings is 1. The number of hydrogen-bond donors (Lipinski definition) is 0. The molecule has 5 heteroatoms. The number of carbonyl (C=O) groups excluding carboxylic acids is 1. The molecule has 3 heterocycles. The van der Waals surface area contributed by atoms with Crippen LogP contribution in [0.2, 0.25) is 0 Å². The zero-order valence-electron chi connectivity index (χ0n) is 14.3. The molecule has 0 unspecified atom stereocenters. The first-order valence-corrected chi connectivity index (χ1v) is 9.48. The highest BCUT2D eigenvalue weighted by Gasteiger charge is 2.22. The van der Waals surface area contributed by atoms with E-state index in [1.807, 2.05) is 35.4 Å². The minimum absolute atomic E-state index is 0.141. The molecule has 3 aromatic rings. The maximum atomic E-state index is 12.8. The second kappa shape index (κ2) is 6.94. The fraction of sp³-hybridized carbons (Fsp3) is 0.300. The standard InChI is InChI=1S/C20H21N3OS/c1-15-3-2-7-21-18(15)14-22-8-10-23(11-9-22)20(24)17-4-5-19-16(13-17)6-12-25-19/h2-7,12-13H,8-11,14H2,1H3. The van der Waals surface area contributed by atoms with Gasteiger partial charge in [-0.3, -0.25) is 14.7 Å². The summed E-state index contributed by atoms with van der Waals surface area (Å²) in [6.07, 6.45) is 1.85. The van der Waals surface area contributed by atoms with Gasteiger partial charge in [0, 0.05) is 49.2 Å². The van der Waals surface area contributed by atoms with Gasteiger partial charge in [0.15, 0.2) is 0 Å². The molecule has 4 rings (SSSR count). The van der Waals surface area contributed by atoms with Crippen molar-refractivity contribution in [3.05, 3.63) is 64.8 Å². The Kier molecular flexibility index (Phi) is 4.51. The molecule has 0 bridgehead atoms. The summed E-state index contributed by atoms with van der Waals surface area (Å²) in [7, 11) is 0. The maximum Gasteiger partial charge on any atom is 0.253 e.